The third-order valence-electron chi connectivity index (χ3n) is 3.26. The molecule has 1 amide bonds. The Morgan fingerprint density at radius 2 is 2.33 bits per heavy atom. The van der Waals surface area contributed by atoms with Crippen LogP contribution in [0.5, 0.6) is 5.75 Å². The highest BCUT2D eigenvalue weighted by atomic mass is 16.5. The maximum Gasteiger partial charge on any atom is 0.221 e. The molecule has 1 saturated heterocycles. The first-order valence-electron chi connectivity index (χ1n) is 6.41. The van der Waals surface area contributed by atoms with Gasteiger partial charge in [-0.05, 0) is 25.5 Å². The van der Waals surface area contributed by atoms with E-state index in [4.69, 9.17) is 4.74 Å². The first-order chi connectivity index (χ1) is 8.79. The number of benzene rings is 1. The van der Waals surface area contributed by atoms with Crippen molar-refractivity contribution in [1.82, 2.24) is 10.6 Å². The molecule has 1 aromatic rings. The van der Waals surface area contributed by atoms with Crippen LogP contribution in [0.25, 0.3) is 0 Å². The Hall–Kier alpha value is -1.55. The van der Waals surface area contributed by atoms with Gasteiger partial charge >= 0.3 is 0 Å². The Labute approximate surface area is 108 Å². The molecule has 1 fully saturated rings. The molecule has 0 radical (unpaired) electrons. The van der Waals surface area contributed by atoms with Crippen LogP contribution < -0.4 is 15.4 Å². The maximum absolute atomic E-state index is 11.8. The molecule has 1 unspecified atom stereocenters. The second-order valence-electron chi connectivity index (χ2n) is 4.59. The van der Waals surface area contributed by atoms with E-state index in [-0.39, 0.29) is 5.91 Å². The number of para-hydroxylation sites is 1. The Morgan fingerprint density at radius 3 is 3.06 bits per heavy atom. The lowest BCUT2D eigenvalue weighted by Gasteiger charge is -2.12. The standard InChI is InChI=1S/C14H20N2O2/c1-18-13-7-3-2-5-11(13)10-16-14(17)9-12-6-4-8-15-12/h2-3,5,7,12,15H,4,6,8-10H2,1H3,(H,16,17). The highest BCUT2D eigenvalue weighted by Gasteiger charge is 2.17. The number of rotatable bonds is 5. The van der Waals surface area contributed by atoms with Crippen molar-refractivity contribution in [3.63, 3.8) is 0 Å². The van der Waals surface area contributed by atoms with Crippen LogP contribution in [0.15, 0.2) is 24.3 Å². The van der Waals surface area contributed by atoms with Crippen LogP contribution in [-0.2, 0) is 11.3 Å². The van der Waals surface area contributed by atoms with Gasteiger partial charge in [0, 0.05) is 24.6 Å². The topological polar surface area (TPSA) is 50.4 Å². The fourth-order valence-electron chi connectivity index (χ4n) is 2.27. The van der Waals surface area contributed by atoms with E-state index in [0.29, 0.717) is 19.0 Å². The number of carbonyl (C=O) groups excluding carboxylic acids is 1. The molecule has 0 bridgehead atoms. The van der Waals surface area contributed by atoms with Crippen LogP contribution in [0.4, 0.5) is 0 Å². The summed E-state index contributed by atoms with van der Waals surface area (Å²) in [5.74, 6) is 0.914. The average molecular weight is 248 g/mol. The minimum absolute atomic E-state index is 0.0975. The summed E-state index contributed by atoms with van der Waals surface area (Å²) >= 11 is 0. The molecule has 1 aliphatic rings. The number of methoxy groups -OCH3 is 1. The van der Waals surface area contributed by atoms with E-state index in [0.717, 1.165) is 24.3 Å². The highest BCUT2D eigenvalue weighted by Crippen LogP contribution is 2.16. The lowest BCUT2D eigenvalue weighted by Crippen LogP contribution is -2.31. The molecule has 0 spiro atoms. The summed E-state index contributed by atoms with van der Waals surface area (Å²) in [5.41, 5.74) is 1.01. The summed E-state index contributed by atoms with van der Waals surface area (Å²) < 4.78 is 5.25. The first-order valence-corrected chi connectivity index (χ1v) is 6.41. The van der Waals surface area contributed by atoms with Gasteiger partial charge in [0.25, 0.3) is 0 Å². The van der Waals surface area contributed by atoms with Crippen LogP contribution in [0, 0.1) is 0 Å². The molecule has 0 saturated carbocycles. The minimum Gasteiger partial charge on any atom is -0.496 e. The molecular formula is C14H20N2O2. The Kier molecular flexibility index (Phi) is 4.59. The van der Waals surface area contributed by atoms with Gasteiger partial charge in [0.1, 0.15) is 5.75 Å². The summed E-state index contributed by atoms with van der Waals surface area (Å²) in [6.45, 7) is 1.56. The van der Waals surface area contributed by atoms with Crippen molar-refractivity contribution in [3.05, 3.63) is 29.8 Å². The summed E-state index contributed by atoms with van der Waals surface area (Å²) in [6, 6.07) is 8.09. The lowest BCUT2D eigenvalue weighted by molar-refractivity contribution is -0.121. The first kappa shape index (κ1) is 12.9. The number of hydrogen-bond donors (Lipinski definition) is 2. The molecule has 98 valence electrons. The van der Waals surface area contributed by atoms with Crippen LogP contribution in [0.2, 0.25) is 0 Å². The van der Waals surface area contributed by atoms with Crippen LogP contribution in [0.3, 0.4) is 0 Å². The van der Waals surface area contributed by atoms with Gasteiger partial charge in [-0.25, -0.2) is 0 Å². The van der Waals surface area contributed by atoms with Crippen molar-refractivity contribution in [2.24, 2.45) is 0 Å². The minimum atomic E-state index is 0.0975. The summed E-state index contributed by atoms with van der Waals surface area (Å²) in [5, 5.41) is 6.26. The zero-order valence-electron chi connectivity index (χ0n) is 10.7. The third-order valence-corrected chi connectivity index (χ3v) is 3.26. The van der Waals surface area contributed by atoms with E-state index in [2.05, 4.69) is 10.6 Å². The van der Waals surface area contributed by atoms with Gasteiger partial charge in [0.15, 0.2) is 0 Å². The molecule has 2 rings (SSSR count). The van der Waals surface area contributed by atoms with Crippen LogP contribution in [0.1, 0.15) is 24.8 Å². The normalized spacial score (nSPS) is 18.6. The van der Waals surface area contributed by atoms with Crippen molar-refractivity contribution in [3.8, 4) is 5.75 Å². The van der Waals surface area contributed by atoms with E-state index in [1.165, 1.54) is 6.42 Å². The number of hydrogen-bond acceptors (Lipinski definition) is 3. The van der Waals surface area contributed by atoms with Crippen molar-refractivity contribution in [1.29, 1.82) is 0 Å². The predicted octanol–water partition coefficient (Wildman–Crippen LogP) is 1.45. The monoisotopic (exact) mass is 248 g/mol. The molecular weight excluding hydrogens is 228 g/mol. The predicted molar refractivity (Wildman–Crippen MR) is 70.5 cm³/mol. The molecule has 1 aromatic carbocycles. The smallest absolute Gasteiger partial charge is 0.221 e. The zero-order chi connectivity index (χ0) is 12.8. The Balaban J connectivity index is 1.81. The van der Waals surface area contributed by atoms with Crippen molar-refractivity contribution < 1.29 is 9.53 Å². The number of carbonyl (C=O) groups is 1. The Morgan fingerprint density at radius 1 is 1.50 bits per heavy atom. The van der Waals surface area contributed by atoms with Gasteiger partial charge in [-0.3, -0.25) is 4.79 Å². The van der Waals surface area contributed by atoms with Gasteiger partial charge in [-0.15, -0.1) is 0 Å². The zero-order valence-corrected chi connectivity index (χ0v) is 10.7. The van der Waals surface area contributed by atoms with Gasteiger partial charge in [-0.2, -0.15) is 0 Å². The molecule has 0 aliphatic carbocycles. The van der Waals surface area contributed by atoms with Gasteiger partial charge in [0.2, 0.25) is 5.91 Å². The maximum atomic E-state index is 11.8. The van der Waals surface area contributed by atoms with Crippen LogP contribution in [-0.4, -0.2) is 25.6 Å². The second kappa shape index (κ2) is 6.40. The molecule has 4 nitrogen and oxygen atoms in total. The third kappa shape index (κ3) is 3.47. The van der Waals surface area contributed by atoms with Crippen molar-refractivity contribution in [2.75, 3.05) is 13.7 Å². The number of amides is 1. The summed E-state index contributed by atoms with van der Waals surface area (Å²) in [4.78, 5) is 11.8. The quantitative estimate of drug-likeness (QED) is 0.829. The average Bonchev–Trinajstić information content (AvgIpc) is 2.89. The summed E-state index contributed by atoms with van der Waals surface area (Å²) in [6.07, 6.45) is 2.84. The van der Waals surface area contributed by atoms with Crippen molar-refractivity contribution >= 4 is 5.91 Å². The molecule has 0 aromatic heterocycles. The molecule has 18 heavy (non-hydrogen) atoms. The molecule has 1 heterocycles. The van der Waals surface area contributed by atoms with E-state index in [1.54, 1.807) is 7.11 Å². The molecule has 1 aliphatic heterocycles. The largest absolute Gasteiger partial charge is 0.496 e. The highest BCUT2D eigenvalue weighted by molar-refractivity contribution is 5.76. The van der Waals surface area contributed by atoms with E-state index in [1.807, 2.05) is 24.3 Å². The van der Waals surface area contributed by atoms with Crippen molar-refractivity contribution in [2.45, 2.75) is 31.8 Å². The molecule has 2 N–H and O–H groups in total. The summed E-state index contributed by atoms with van der Waals surface area (Å²) in [7, 11) is 1.64. The van der Waals surface area contributed by atoms with E-state index >= 15 is 0 Å². The SMILES string of the molecule is COc1ccccc1CNC(=O)CC1CCCN1. The Bertz CT molecular complexity index is 401. The number of ether oxygens (including phenoxy) is 1. The van der Waals surface area contributed by atoms with Crippen LogP contribution >= 0.6 is 0 Å². The van der Waals surface area contributed by atoms with Gasteiger partial charge in [0.05, 0.1) is 7.11 Å². The van der Waals surface area contributed by atoms with Gasteiger partial charge < -0.3 is 15.4 Å². The fourth-order valence-corrected chi connectivity index (χ4v) is 2.27. The number of nitrogens with one attached hydrogen (secondary N) is 2. The molecule has 1 atom stereocenters. The fraction of sp³-hybridized carbons (Fsp3) is 0.500. The lowest BCUT2D eigenvalue weighted by atomic mass is 10.1. The van der Waals surface area contributed by atoms with E-state index in [9.17, 15) is 4.79 Å². The van der Waals surface area contributed by atoms with E-state index < -0.39 is 0 Å². The second-order valence-corrected chi connectivity index (χ2v) is 4.59. The molecule has 4 heteroatoms. The van der Waals surface area contributed by atoms with Gasteiger partial charge in [-0.1, -0.05) is 18.2 Å².